The van der Waals surface area contributed by atoms with Crippen molar-refractivity contribution in [3.8, 4) is 0 Å². The first-order valence-electron chi connectivity index (χ1n) is 14.3. The van der Waals surface area contributed by atoms with Crippen molar-refractivity contribution in [2.24, 2.45) is 0 Å². The Bertz CT molecular complexity index is 982. The van der Waals surface area contributed by atoms with Crippen molar-refractivity contribution in [1.29, 1.82) is 0 Å². The summed E-state index contributed by atoms with van der Waals surface area (Å²) < 4.78 is 0. The van der Waals surface area contributed by atoms with Crippen LogP contribution in [0, 0.1) is 0 Å². The van der Waals surface area contributed by atoms with Crippen LogP contribution in [0.1, 0.15) is 77.1 Å². The van der Waals surface area contributed by atoms with Crippen LogP contribution in [0.2, 0.25) is 0 Å². The lowest BCUT2D eigenvalue weighted by molar-refractivity contribution is 0.233. The van der Waals surface area contributed by atoms with Gasteiger partial charge in [0.1, 0.15) is 0 Å². The van der Waals surface area contributed by atoms with Crippen LogP contribution in [0.15, 0.2) is 49.0 Å². The highest BCUT2D eigenvalue weighted by atomic mass is 15.2. The zero-order valence-corrected chi connectivity index (χ0v) is 24.7. The molecule has 4 rings (SSSR count). The van der Waals surface area contributed by atoms with Crippen molar-refractivity contribution < 1.29 is 0 Å². The zero-order chi connectivity index (χ0) is 27.1. The molecule has 0 aromatic heterocycles. The Morgan fingerprint density at radius 3 is 1.78 bits per heavy atom. The number of piperazine rings is 2. The number of hydrogen-bond acceptors (Lipinski definition) is 4. The van der Waals surface area contributed by atoms with Gasteiger partial charge in [0.15, 0.2) is 0 Å². The van der Waals surface area contributed by atoms with E-state index in [9.17, 15) is 0 Å². The molecule has 0 atom stereocenters. The lowest BCUT2D eigenvalue weighted by Gasteiger charge is -2.32. The Morgan fingerprint density at radius 1 is 0.757 bits per heavy atom. The van der Waals surface area contributed by atoms with Crippen molar-refractivity contribution in [2.75, 3.05) is 57.3 Å². The van der Waals surface area contributed by atoms with Gasteiger partial charge < -0.3 is 15.5 Å². The second kappa shape index (κ2) is 13.1. The molecule has 0 unspecified atom stereocenters. The van der Waals surface area contributed by atoms with E-state index in [4.69, 9.17) is 0 Å². The Morgan fingerprint density at radius 2 is 1.27 bits per heavy atom. The summed E-state index contributed by atoms with van der Waals surface area (Å²) in [7, 11) is 0. The van der Waals surface area contributed by atoms with Crippen LogP contribution < -0.4 is 15.5 Å². The zero-order valence-electron chi connectivity index (χ0n) is 24.7. The summed E-state index contributed by atoms with van der Waals surface area (Å²) in [5.74, 6) is 0. The fourth-order valence-electron chi connectivity index (χ4n) is 4.90. The summed E-state index contributed by atoms with van der Waals surface area (Å²) in [6.07, 6.45) is 1.01. The fraction of sp³-hybridized carbons (Fsp3) is 0.576. The Labute approximate surface area is 227 Å². The highest BCUT2D eigenvalue weighted by molar-refractivity contribution is 5.76. The summed E-state index contributed by atoms with van der Waals surface area (Å²) in [5.41, 5.74) is 8.61. The molecule has 0 aliphatic carbocycles. The van der Waals surface area contributed by atoms with E-state index in [1.807, 2.05) is 0 Å². The predicted octanol–water partition coefficient (Wildman–Crippen LogP) is 6.21. The smallest absolute Gasteiger partial charge is 0.0443 e. The normalized spacial score (nSPS) is 17.2. The Kier molecular flexibility index (Phi) is 10.4. The van der Waals surface area contributed by atoms with Gasteiger partial charge in [-0.15, -0.1) is 0 Å². The number of anilines is 1. The molecule has 2 aromatic rings. The maximum Gasteiger partial charge on any atom is 0.0443 e. The summed E-state index contributed by atoms with van der Waals surface area (Å²) in [4.78, 5) is 5.00. The van der Waals surface area contributed by atoms with Crippen molar-refractivity contribution >= 4 is 11.3 Å². The first-order chi connectivity index (χ1) is 17.5. The number of nitrogens with one attached hydrogen (secondary N) is 2. The third-order valence-corrected chi connectivity index (χ3v) is 7.56. The van der Waals surface area contributed by atoms with Gasteiger partial charge in [-0.3, -0.25) is 4.90 Å². The van der Waals surface area contributed by atoms with Crippen LogP contribution in [-0.4, -0.2) is 57.3 Å². The molecule has 2 fully saturated rings. The van der Waals surface area contributed by atoms with Gasteiger partial charge in [0.25, 0.3) is 0 Å². The van der Waals surface area contributed by atoms with Gasteiger partial charge in [0.05, 0.1) is 0 Å². The molecule has 2 aliphatic heterocycles. The van der Waals surface area contributed by atoms with Crippen molar-refractivity contribution in [3.05, 3.63) is 71.3 Å². The van der Waals surface area contributed by atoms with Gasteiger partial charge in [-0.2, -0.15) is 0 Å². The molecule has 2 N–H and O–H groups in total. The van der Waals surface area contributed by atoms with Crippen LogP contribution in [0.4, 0.5) is 5.69 Å². The van der Waals surface area contributed by atoms with E-state index < -0.39 is 0 Å². The van der Waals surface area contributed by atoms with Gasteiger partial charge >= 0.3 is 0 Å². The third-order valence-electron chi connectivity index (χ3n) is 7.56. The number of nitrogens with zero attached hydrogens (tertiary/aromatic N) is 2. The molecule has 2 aromatic carbocycles. The van der Waals surface area contributed by atoms with E-state index in [0.29, 0.717) is 0 Å². The van der Waals surface area contributed by atoms with Crippen molar-refractivity contribution in [2.45, 2.75) is 72.3 Å². The quantitative estimate of drug-likeness (QED) is 0.507. The minimum Gasteiger partial charge on any atom is -0.368 e. The highest BCUT2D eigenvalue weighted by Gasteiger charge is 2.20. The second-order valence-corrected chi connectivity index (χ2v) is 12.6. The van der Waals surface area contributed by atoms with Gasteiger partial charge in [-0.05, 0) is 51.6 Å². The molecule has 2 heterocycles. The maximum absolute atomic E-state index is 4.28. The van der Waals surface area contributed by atoms with Crippen LogP contribution in [0.25, 0.3) is 5.57 Å². The number of rotatable bonds is 5. The molecule has 0 bridgehead atoms. The van der Waals surface area contributed by atoms with E-state index in [-0.39, 0.29) is 10.8 Å². The molecule has 4 nitrogen and oxygen atoms in total. The SMILES string of the molecule is C=C(CC)c1cc(C(C)(C)C)ccc1N1CCNCC1.CC(C)(C)c1ccc(CN2CCNCC2)cc1. The first kappa shape index (κ1) is 29.4. The molecule has 0 radical (unpaired) electrons. The van der Waals surface area contributed by atoms with Gasteiger partial charge in [0.2, 0.25) is 0 Å². The van der Waals surface area contributed by atoms with Crippen LogP contribution >= 0.6 is 0 Å². The maximum atomic E-state index is 4.28. The first-order valence-corrected chi connectivity index (χ1v) is 14.3. The Hall–Kier alpha value is -2.14. The predicted molar refractivity (Wildman–Crippen MR) is 163 cm³/mol. The summed E-state index contributed by atoms with van der Waals surface area (Å²) in [5, 5.41) is 6.81. The molecule has 2 saturated heterocycles. The topological polar surface area (TPSA) is 30.5 Å². The number of allylic oxidation sites excluding steroid dienone is 1. The van der Waals surface area contributed by atoms with E-state index >= 15 is 0 Å². The largest absolute Gasteiger partial charge is 0.368 e. The number of hydrogen-bond donors (Lipinski definition) is 2. The van der Waals surface area contributed by atoms with Crippen LogP contribution in [0.3, 0.4) is 0 Å². The molecular weight excluding hydrogens is 452 g/mol. The average molecular weight is 505 g/mol. The molecule has 204 valence electrons. The molecule has 0 amide bonds. The lowest BCUT2D eigenvalue weighted by Crippen LogP contribution is -2.43. The molecular formula is C33H52N4. The van der Waals surface area contributed by atoms with E-state index in [1.165, 1.54) is 46.6 Å². The molecule has 0 saturated carbocycles. The Balaban J connectivity index is 0.000000208. The van der Waals surface area contributed by atoms with Crippen molar-refractivity contribution in [3.63, 3.8) is 0 Å². The third kappa shape index (κ3) is 8.70. The molecule has 0 spiro atoms. The fourth-order valence-corrected chi connectivity index (χ4v) is 4.90. The van der Waals surface area contributed by atoms with Crippen LogP contribution in [0.5, 0.6) is 0 Å². The molecule has 2 aliphatic rings. The van der Waals surface area contributed by atoms with Crippen molar-refractivity contribution in [1.82, 2.24) is 15.5 Å². The summed E-state index contributed by atoms with van der Waals surface area (Å²) >= 11 is 0. The van der Waals surface area contributed by atoms with E-state index in [1.54, 1.807) is 0 Å². The monoisotopic (exact) mass is 504 g/mol. The van der Waals surface area contributed by atoms with E-state index in [2.05, 4.69) is 118 Å². The second-order valence-electron chi connectivity index (χ2n) is 12.6. The minimum absolute atomic E-state index is 0.185. The van der Waals surface area contributed by atoms with Gasteiger partial charge in [0, 0.05) is 70.2 Å². The summed E-state index contributed by atoms with van der Waals surface area (Å²) in [6, 6.07) is 16.0. The van der Waals surface area contributed by atoms with E-state index in [0.717, 1.165) is 52.2 Å². The molecule has 4 heteroatoms. The minimum atomic E-state index is 0.185. The van der Waals surface area contributed by atoms with Crippen LogP contribution in [-0.2, 0) is 17.4 Å². The highest BCUT2D eigenvalue weighted by Crippen LogP contribution is 2.33. The van der Waals surface area contributed by atoms with Gasteiger partial charge in [-0.1, -0.05) is 85.4 Å². The van der Waals surface area contributed by atoms with Gasteiger partial charge in [-0.25, -0.2) is 0 Å². The number of benzene rings is 2. The molecule has 37 heavy (non-hydrogen) atoms. The summed E-state index contributed by atoms with van der Waals surface area (Å²) in [6.45, 7) is 30.0. The lowest BCUT2D eigenvalue weighted by atomic mass is 9.84. The average Bonchev–Trinajstić information content (AvgIpc) is 2.88. The standard InChI is InChI=1S/C18H28N2.C15H24N2/c1-6-14(2)16-13-15(18(3,4)5)7-8-17(16)20-11-9-19-10-12-20;1-15(2,3)14-6-4-13(5-7-14)12-17-10-8-16-9-11-17/h7-8,13,19H,2,6,9-12H2,1,3-5H3;4-7,16H,8-12H2,1-3H3.